The SMILES string of the molecule is C=C\C(=C/C(=C/C(Cl)=N\C)C(=C)C)c1ccc(C)nc1. The van der Waals surface area contributed by atoms with Crippen LogP contribution in [0.3, 0.4) is 0 Å². The van der Waals surface area contributed by atoms with E-state index in [9.17, 15) is 0 Å². The molecule has 1 heterocycles. The molecule has 0 atom stereocenters. The average Bonchev–Trinajstić information content (AvgIpc) is 2.44. The van der Waals surface area contributed by atoms with E-state index in [1.54, 1.807) is 19.2 Å². The maximum atomic E-state index is 5.96. The van der Waals surface area contributed by atoms with Crippen LogP contribution >= 0.6 is 11.6 Å². The van der Waals surface area contributed by atoms with E-state index in [0.717, 1.165) is 28.0 Å². The highest BCUT2D eigenvalue weighted by Gasteiger charge is 2.02. The van der Waals surface area contributed by atoms with Crippen molar-refractivity contribution in [3.8, 4) is 0 Å². The van der Waals surface area contributed by atoms with Crippen LogP contribution in [0.25, 0.3) is 5.57 Å². The smallest absolute Gasteiger partial charge is 0.123 e. The second-order valence-corrected chi connectivity index (χ2v) is 4.81. The summed E-state index contributed by atoms with van der Waals surface area (Å²) in [7, 11) is 1.65. The first-order chi connectivity index (χ1) is 9.47. The van der Waals surface area contributed by atoms with Crippen molar-refractivity contribution < 1.29 is 0 Å². The van der Waals surface area contributed by atoms with Crippen LogP contribution in [0.1, 0.15) is 18.2 Å². The molecule has 20 heavy (non-hydrogen) atoms. The fraction of sp³-hybridized carbons (Fsp3) is 0.176. The van der Waals surface area contributed by atoms with E-state index in [4.69, 9.17) is 11.6 Å². The van der Waals surface area contributed by atoms with Crippen LogP contribution in [0, 0.1) is 6.92 Å². The zero-order valence-electron chi connectivity index (χ0n) is 12.2. The van der Waals surface area contributed by atoms with Gasteiger partial charge in [0.05, 0.1) is 0 Å². The molecule has 0 aromatic carbocycles. The summed E-state index contributed by atoms with van der Waals surface area (Å²) in [6.45, 7) is 11.7. The Morgan fingerprint density at radius 3 is 2.50 bits per heavy atom. The Morgan fingerprint density at radius 1 is 1.35 bits per heavy atom. The van der Waals surface area contributed by atoms with Crippen molar-refractivity contribution in [3.05, 3.63) is 72.1 Å². The third kappa shape index (κ3) is 4.63. The van der Waals surface area contributed by atoms with E-state index in [1.165, 1.54) is 0 Å². The number of rotatable bonds is 5. The molecule has 3 heteroatoms. The molecule has 0 amide bonds. The van der Waals surface area contributed by atoms with E-state index in [0.29, 0.717) is 5.17 Å². The van der Waals surface area contributed by atoms with Crippen molar-refractivity contribution in [3.63, 3.8) is 0 Å². The Balaban J connectivity index is 3.26. The van der Waals surface area contributed by atoms with Crippen LogP contribution in [-0.2, 0) is 0 Å². The molecule has 2 nitrogen and oxygen atoms in total. The minimum atomic E-state index is 0.435. The van der Waals surface area contributed by atoms with Crippen molar-refractivity contribution in [2.45, 2.75) is 13.8 Å². The first kappa shape index (κ1) is 16.1. The lowest BCUT2D eigenvalue weighted by molar-refractivity contribution is 1.19. The second kappa shape index (κ2) is 7.61. The van der Waals surface area contributed by atoms with Gasteiger partial charge in [-0.25, -0.2) is 0 Å². The maximum absolute atomic E-state index is 5.96. The number of hydrogen-bond acceptors (Lipinski definition) is 2. The molecule has 0 N–H and O–H groups in total. The number of nitrogens with zero attached hydrogens (tertiary/aromatic N) is 2. The van der Waals surface area contributed by atoms with Crippen molar-refractivity contribution in [1.82, 2.24) is 4.98 Å². The molecular formula is C17H19ClN2. The molecular weight excluding hydrogens is 268 g/mol. The third-order valence-electron chi connectivity index (χ3n) is 2.76. The van der Waals surface area contributed by atoms with Gasteiger partial charge in [0.15, 0.2) is 0 Å². The van der Waals surface area contributed by atoms with Crippen molar-refractivity contribution in [1.29, 1.82) is 0 Å². The second-order valence-electron chi connectivity index (χ2n) is 4.42. The summed E-state index contributed by atoms with van der Waals surface area (Å²) >= 11 is 5.96. The number of aliphatic imine (C=N–C) groups is 1. The highest BCUT2D eigenvalue weighted by atomic mass is 35.5. The van der Waals surface area contributed by atoms with Gasteiger partial charge in [-0.15, -0.1) is 0 Å². The molecule has 0 bridgehead atoms. The van der Waals surface area contributed by atoms with Gasteiger partial charge in [-0.2, -0.15) is 0 Å². The molecule has 0 aliphatic heterocycles. The fourth-order valence-electron chi connectivity index (χ4n) is 1.55. The first-order valence-electron chi connectivity index (χ1n) is 6.25. The summed E-state index contributed by atoms with van der Waals surface area (Å²) in [6, 6.07) is 3.98. The highest BCUT2D eigenvalue weighted by Crippen LogP contribution is 2.20. The number of aryl methyl sites for hydroxylation is 1. The molecule has 1 aromatic heterocycles. The molecule has 0 aliphatic rings. The zero-order chi connectivity index (χ0) is 15.1. The van der Waals surface area contributed by atoms with Gasteiger partial charge in [-0.3, -0.25) is 9.98 Å². The monoisotopic (exact) mass is 286 g/mol. The van der Waals surface area contributed by atoms with Gasteiger partial charge in [0.25, 0.3) is 0 Å². The molecule has 0 radical (unpaired) electrons. The number of halogens is 1. The van der Waals surface area contributed by atoms with Crippen molar-refractivity contribution in [2.75, 3.05) is 7.05 Å². The van der Waals surface area contributed by atoms with E-state index in [1.807, 2.05) is 38.3 Å². The van der Waals surface area contributed by atoms with Crippen LogP contribution in [0.15, 0.2) is 65.9 Å². The van der Waals surface area contributed by atoms with Gasteiger partial charge < -0.3 is 0 Å². The number of pyridine rings is 1. The Morgan fingerprint density at radius 2 is 2.05 bits per heavy atom. The zero-order valence-corrected chi connectivity index (χ0v) is 12.9. The fourth-order valence-corrected chi connectivity index (χ4v) is 1.66. The standard InChI is InChI=1S/C17H19ClN2/c1-6-14(15-8-7-13(4)20-11-15)9-16(12(2)3)10-17(18)19-5/h6-11H,1-2H2,3-5H3/b14-9+,16-10-,19-17+. The van der Waals surface area contributed by atoms with E-state index < -0.39 is 0 Å². The Labute approximate surface area is 125 Å². The summed E-state index contributed by atoms with van der Waals surface area (Å²) in [5.41, 5.74) is 4.77. The van der Waals surface area contributed by atoms with Crippen molar-refractivity contribution in [2.24, 2.45) is 4.99 Å². The Hall–Kier alpha value is -1.93. The van der Waals surface area contributed by atoms with E-state index in [2.05, 4.69) is 23.1 Å². The van der Waals surface area contributed by atoms with Crippen LogP contribution in [0.4, 0.5) is 0 Å². The van der Waals surface area contributed by atoms with Gasteiger partial charge in [-0.05, 0) is 43.2 Å². The molecule has 0 aliphatic carbocycles. The van der Waals surface area contributed by atoms with Crippen LogP contribution in [-0.4, -0.2) is 17.2 Å². The molecule has 0 saturated heterocycles. The lowest BCUT2D eigenvalue weighted by atomic mass is 10.0. The van der Waals surface area contributed by atoms with E-state index in [-0.39, 0.29) is 0 Å². The lowest BCUT2D eigenvalue weighted by Gasteiger charge is -2.06. The number of aromatic nitrogens is 1. The summed E-state index contributed by atoms with van der Waals surface area (Å²) in [5, 5.41) is 0.435. The van der Waals surface area contributed by atoms with Crippen LogP contribution in [0.5, 0.6) is 0 Å². The highest BCUT2D eigenvalue weighted by molar-refractivity contribution is 6.68. The Bertz CT molecular complexity index is 590. The Kier molecular flexibility index (Phi) is 6.13. The maximum Gasteiger partial charge on any atom is 0.123 e. The largest absolute Gasteiger partial charge is 0.277 e. The first-order valence-corrected chi connectivity index (χ1v) is 6.62. The average molecular weight is 287 g/mol. The summed E-state index contributed by atoms with van der Waals surface area (Å²) in [5.74, 6) is 0. The quantitative estimate of drug-likeness (QED) is 0.567. The summed E-state index contributed by atoms with van der Waals surface area (Å²) in [4.78, 5) is 8.22. The summed E-state index contributed by atoms with van der Waals surface area (Å²) < 4.78 is 0. The van der Waals surface area contributed by atoms with Gasteiger partial charge in [0.2, 0.25) is 0 Å². The lowest BCUT2D eigenvalue weighted by Crippen LogP contribution is -1.90. The predicted octanol–water partition coefficient (Wildman–Crippen LogP) is 4.73. The predicted molar refractivity (Wildman–Crippen MR) is 89.3 cm³/mol. The molecule has 1 rings (SSSR count). The number of allylic oxidation sites excluding steroid dienone is 6. The van der Waals surface area contributed by atoms with E-state index >= 15 is 0 Å². The molecule has 0 fully saturated rings. The molecule has 104 valence electrons. The van der Waals surface area contributed by atoms with Crippen LogP contribution in [0.2, 0.25) is 0 Å². The number of hydrogen-bond donors (Lipinski definition) is 0. The van der Waals surface area contributed by atoms with Crippen LogP contribution < -0.4 is 0 Å². The molecule has 0 unspecified atom stereocenters. The topological polar surface area (TPSA) is 25.2 Å². The normalized spacial score (nSPS) is 13.3. The third-order valence-corrected chi connectivity index (χ3v) is 3.03. The minimum Gasteiger partial charge on any atom is -0.277 e. The molecule has 0 spiro atoms. The van der Waals surface area contributed by atoms with Gasteiger partial charge >= 0.3 is 0 Å². The van der Waals surface area contributed by atoms with Gasteiger partial charge in [0, 0.05) is 24.5 Å². The molecule has 1 aromatic rings. The van der Waals surface area contributed by atoms with Gasteiger partial charge in [0.1, 0.15) is 5.17 Å². The molecule has 0 saturated carbocycles. The van der Waals surface area contributed by atoms with Crippen molar-refractivity contribution >= 4 is 22.3 Å². The minimum absolute atomic E-state index is 0.435. The van der Waals surface area contributed by atoms with Gasteiger partial charge in [-0.1, -0.05) is 42.5 Å². The summed E-state index contributed by atoms with van der Waals surface area (Å²) in [6.07, 6.45) is 7.39.